The fourth-order valence-corrected chi connectivity index (χ4v) is 5.02. The van der Waals surface area contributed by atoms with Crippen molar-refractivity contribution in [2.45, 2.75) is 48.8 Å². The minimum atomic E-state index is -1.70. The van der Waals surface area contributed by atoms with Gasteiger partial charge < -0.3 is 15.5 Å². The molecule has 5 atom stereocenters. The lowest BCUT2D eigenvalue weighted by Crippen LogP contribution is -2.47. The molecular weight excluding hydrogens is 506 g/mol. The molecule has 0 aromatic heterocycles. The molecule has 2 aromatic carbocycles. The number of nitro benzene ring substituents is 1. The van der Waals surface area contributed by atoms with Gasteiger partial charge in [-0.15, -0.1) is 0 Å². The topological polar surface area (TPSA) is 142 Å². The van der Waals surface area contributed by atoms with Gasteiger partial charge in [-0.25, -0.2) is 8.93 Å². The number of carbonyl (C=O) groups excluding carboxylic acids is 1. The van der Waals surface area contributed by atoms with Crippen molar-refractivity contribution in [2.75, 3.05) is 6.54 Å². The molecule has 0 bridgehead atoms. The highest BCUT2D eigenvalue weighted by atomic mass is 32.2. The minimum absolute atomic E-state index is 0.0531. The first kappa shape index (κ1) is 29.1. The number of amides is 1. The summed E-state index contributed by atoms with van der Waals surface area (Å²) in [5.41, 5.74) is 1.57. The number of non-ortho nitro benzene ring substituents is 1. The summed E-state index contributed by atoms with van der Waals surface area (Å²) in [7, 11) is -1.70. The lowest BCUT2D eigenvalue weighted by molar-refractivity contribution is -0.384. The molecule has 2 aromatic rings. The van der Waals surface area contributed by atoms with Gasteiger partial charge >= 0.3 is 0 Å². The molecule has 1 amide bonds. The molecule has 0 heterocycles. The fraction of sp³-hybridized carbons (Fsp3) is 0.321. The van der Waals surface area contributed by atoms with Crippen LogP contribution < -0.4 is 10.0 Å². The third-order valence-corrected chi connectivity index (χ3v) is 7.33. The molecule has 1 aliphatic carbocycles. The Kier molecular flexibility index (Phi) is 11.1. The molecule has 1 aliphatic rings. The second kappa shape index (κ2) is 14.5. The van der Waals surface area contributed by atoms with E-state index in [1.165, 1.54) is 24.3 Å². The predicted molar refractivity (Wildman–Crippen MR) is 146 cm³/mol. The van der Waals surface area contributed by atoms with Crippen molar-refractivity contribution in [3.05, 3.63) is 107 Å². The summed E-state index contributed by atoms with van der Waals surface area (Å²) < 4.78 is 15.3. The van der Waals surface area contributed by atoms with E-state index >= 15 is 0 Å². The number of hydrogen-bond donors (Lipinski definition) is 4. The zero-order valence-electron chi connectivity index (χ0n) is 20.9. The highest BCUT2D eigenvalue weighted by molar-refractivity contribution is 7.83. The van der Waals surface area contributed by atoms with Crippen LogP contribution in [0.1, 0.15) is 24.8 Å². The number of aliphatic hydroxyl groups excluding tert-OH is 2. The maximum absolute atomic E-state index is 13.4. The zero-order valence-corrected chi connectivity index (χ0v) is 21.8. The van der Waals surface area contributed by atoms with Crippen LogP contribution in [0.4, 0.5) is 5.69 Å². The van der Waals surface area contributed by atoms with Crippen LogP contribution in [0.5, 0.6) is 0 Å². The average Bonchev–Trinajstić information content (AvgIpc) is 2.97. The van der Waals surface area contributed by atoms with Gasteiger partial charge in [-0.2, -0.15) is 0 Å². The van der Waals surface area contributed by atoms with Gasteiger partial charge in [0.15, 0.2) is 0 Å². The normalized spacial score (nSPS) is 21.7. The van der Waals surface area contributed by atoms with Crippen molar-refractivity contribution < 1.29 is 24.1 Å². The standard InChI is InChI=1S/C28H33N3O6S/c1-20-8-4-2-7-11-26(27(33)16-20)30-28(34)22(17-21-9-5-3-6-10-21)18-24(32)19-29-38(37)25-14-12-23(13-15-25)31(35)36/h2-10,12-15,22,24,26-27,29,32-33H,1,11,16-19H2,(H,30,34)/b7-2-,8-4-/t22-,24+,26+,27-,38?/m1/s1. The van der Waals surface area contributed by atoms with Crippen LogP contribution in [0, 0.1) is 16.0 Å². The van der Waals surface area contributed by atoms with Gasteiger partial charge in [-0.05, 0) is 43.4 Å². The third-order valence-electron chi connectivity index (χ3n) is 6.20. The van der Waals surface area contributed by atoms with E-state index in [0.29, 0.717) is 24.2 Å². The molecule has 0 aliphatic heterocycles. The summed E-state index contributed by atoms with van der Waals surface area (Å²) >= 11 is 0. The monoisotopic (exact) mass is 539 g/mol. The van der Waals surface area contributed by atoms with Crippen LogP contribution in [0.2, 0.25) is 0 Å². The Morgan fingerprint density at radius 2 is 1.87 bits per heavy atom. The smallest absolute Gasteiger partial charge is 0.269 e. The van der Waals surface area contributed by atoms with Gasteiger partial charge in [0, 0.05) is 24.6 Å². The summed E-state index contributed by atoms with van der Waals surface area (Å²) in [6, 6.07) is 14.2. The molecule has 4 N–H and O–H groups in total. The largest absolute Gasteiger partial charge is 0.392 e. The van der Waals surface area contributed by atoms with Crippen LogP contribution in [-0.4, -0.2) is 50.0 Å². The second-order valence-corrected chi connectivity index (χ2v) is 10.5. The van der Waals surface area contributed by atoms with E-state index in [2.05, 4.69) is 16.6 Å². The molecule has 202 valence electrons. The number of benzene rings is 2. The Hall–Kier alpha value is -3.44. The summed E-state index contributed by atoms with van der Waals surface area (Å²) in [4.78, 5) is 24.0. The Morgan fingerprint density at radius 1 is 1.16 bits per heavy atom. The van der Waals surface area contributed by atoms with E-state index in [4.69, 9.17) is 0 Å². The van der Waals surface area contributed by atoms with Crippen molar-refractivity contribution in [3.8, 4) is 0 Å². The van der Waals surface area contributed by atoms with Crippen molar-refractivity contribution in [3.63, 3.8) is 0 Å². The predicted octanol–water partition coefficient (Wildman–Crippen LogP) is 3.13. The van der Waals surface area contributed by atoms with Crippen LogP contribution in [0.25, 0.3) is 0 Å². The molecule has 0 radical (unpaired) electrons. The van der Waals surface area contributed by atoms with E-state index in [1.54, 1.807) is 0 Å². The molecular formula is C28H33N3O6S. The van der Waals surface area contributed by atoms with E-state index in [9.17, 15) is 29.3 Å². The van der Waals surface area contributed by atoms with Gasteiger partial charge in [0.2, 0.25) is 5.91 Å². The Bertz CT molecular complexity index is 1180. The maximum atomic E-state index is 13.4. The molecule has 0 saturated carbocycles. The number of nitrogens with one attached hydrogen (secondary N) is 2. The van der Waals surface area contributed by atoms with E-state index in [1.807, 2.05) is 54.6 Å². The number of aliphatic hydroxyl groups is 2. The summed E-state index contributed by atoms with van der Waals surface area (Å²) in [6.45, 7) is 3.88. The second-order valence-electron chi connectivity index (χ2n) is 9.21. The minimum Gasteiger partial charge on any atom is -0.392 e. The Labute approximate surface area is 224 Å². The zero-order chi connectivity index (χ0) is 27.5. The number of allylic oxidation sites excluding steroid dienone is 3. The number of rotatable bonds is 11. The van der Waals surface area contributed by atoms with Gasteiger partial charge in [-0.1, -0.05) is 66.8 Å². The number of nitrogens with zero attached hydrogens (tertiary/aromatic N) is 1. The lowest BCUT2D eigenvalue weighted by Gasteiger charge is -2.27. The average molecular weight is 540 g/mol. The number of hydrogen-bond acceptors (Lipinski definition) is 6. The van der Waals surface area contributed by atoms with Gasteiger partial charge in [0.1, 0.15) is 11.0 Å². The van der Waals surface area contributed by atoms with Crippen molar-refractivity contribution >= 4 is 22.6 Å². The first-order valence-electron chi connectivity index (χ1n) is 12.3. The molecule has 10 heteroatoms. The van der Waals surface area contributed by atoms with Gasteiger partial charge in [0.25, 0.3) is 5.69 Å². The quantitative estimate of drug-likeness (QED) is 0.255. The first-order valence-corrected chi connectivity index (χ1v) is 13.5. The molecule has 9 nitrogen and oxygen atoms in total. The summed E-state index contributed by atoms with van der Waals surface area (Å²) in [5, 5.41) is 35.2. The van der Waals surface area contributed by atoms with Crippen LogP contribution in [0.15, 0.2) is 95.9 Å². The van der Waals surface area contributed by atoms with Crippen molar-refractivity contribution in [2.24, 2.45) is 5.92 Å². The first-order chi connectivity index (χ1) is 18.2. The molecule has 0 fully saturated rings. The number of carbonyl (C=O) groups is 1. The SMILES string of the molecule is C=C1/C=C\C=C/C[C@H](NC(=O)[C@H](Cc2ccccc2)C[C@H](O)CNS(=O)c2ccc([N+](=O)[O-])cc2)[C@H](O)C1. The van der Waals surface area contributed by atoms with Gasteiger partial charge in [-0.3, -0.25) is 14.9 Å². The molecule has 3 rings (SSSR count). The van der Waals surface area contributed by atoms with E-state index in [-0.39, 0.29) is 24.6 Å². The van der Waals surface area contributed by atoms with E-state index in [0.717, 1.165) is 11.1 Å². The maximum Gasteiger partial charge on any atom is 0.269 e. The lowest BCUT2D eigenvalue weighted by atomic mass is 9.91. The molecule has 0 saturated heterocycles. The highest BCUT2D eigenvalue weighted by Crippen LogP contribution is 2.19. The summed E-state index contributed by atoms with van der Waals surface area (Å²) in [6.07, 6.45) is 6.84. The van der Waals surface area contributed by atoms with Gasteiger partial charge in [0.05, 0.1) is 28.1 Å². The van der Waals surface area contributed by atoms with Crippen LogP contribution in [0.3, 0.4) is 0 Å². The fourth-order valence-electron chi connectivity index (χ4n) is 4.13. The molecule has 0 spiro atoms. The van der Waals surface area contributed by atoms with Crippen molar-refractivity contribution in [1.29, 1.82) is 0 Å². The molecule has 38 heavy (non-hydrogen) atoms. The molecule has 1 unspecified atom stereocenters. The van der Waals surface area contributed by atoms with Crippen LogP contribution in [-0.2, 0) is 22.2 Å². The highest BCUT2D eigenvalue weighted by Gasteiger charge is 2.28. The Morgan fingerprint density at radius 3 is 2.55 bits per heavy atom. The van der Waals surface area contributed by atoms with E-state index < -0.39 is 40.1 Å². The van der Waals surface area contributed by atoms with Crippen LogP contribution >= 0.6 is 0 Å². The third kappa shape index (κ3) is 9.14. The number of nitro groups is 1. The summed E-state index contributed by atoms with van der Waals surface area (Å²) in [5.74, 6) is -0.896. The Balaban J connectivity index is 1.64. The van der Waals surface area contributed by atoms with Crippen molar-refractivity contribution in [1.82, 2.24) is 10.0 Å².